The van der Waals surface area contributed by atoms with Crippen molar-refractivity contribution in [2.75, 3.05) is 25.0 Å². The minimum absolute atomic E-state index is 0.502. The highest BCUT2D eigenvalue weighted by Gasteiger charge is 2.26. The Bertz CT molecular complexity index is 800. The van der Waals surface area contributed by atoms with Gasteiger partial charge in [-0.05, 0) is 49.7 Å². The van der Waals surface area contributed by atoms with Crippen molar-refractivity contribution in [3.8, 4) is 5.69 Å². The SMILES string of the molecule is CN(Cc1ccc(-n2ccnc2)cc1)C[C@H]1CCCN1c1cccnn1. The summed E-state index contributed by atoms with van der Waals surface area (Å²) in [5, 5.41) is 8.31. The van der Waals surface area contributed by atoms with Gasteiger partial charge in [0.2, 0.25) is 0 Å². The third-order valence-electron chi connectivity index (χ3n) is 4.94. The molecule has 1 aliphatic heterocycles. The van der Waals surface area contributed by atoms with Crippen LogP contribution in [0.1, 0.15) is 18.4 Å². The molecule has 0 spiro atoms. The Balaban J connectivity index is 1.37. The molecule has 0 saturated carbocycles. The molecule has 6 heteroatoms. The van der Waals surface area contributed by atoms with Crippen LogP contribution in [0, 0.1) is 0 Å². The number of rotatable bonds is 6. The molecule has 134 valence electrons. The van der Waals surface area contributed by atoms with Gasteiger partial charge in [0.05, 0.1) is 6.33 Å². The van der Waals surface area contributed by atoms with Gasteiger partial charge in [0, 0.05) is 50.0 Å². The van der Waals surface area contributed by atoms with E-state index in [1.165, 1.54) is 18.4 Å². The number of anilines is 1. The number of nitrogens with zero attached hydrogens (tertiary/aromatic N) is 6. The summed E-state index contributed by atoms with van der Waals surface area (Å²) in [5.74, 6) is 0.994. The van der Waals surface area contributed by atoms with E-state index in [-0.39, 0.29) is 0 Å². The summed E-state index contributed by atoms with van der Waals surface area (Å²) in [5.41, 5.74) is 2.46. The average molecular weight is 348 g/mol. The van der Waals surface area contributed by atoms with E-state index in [2.05, 4.69) is 62.4 Å². The van der Waals surface area contributed by atoms with Gasteiger partial charge in [-0.3, -0.25) is 0 Å². The lowest BCUT2D eigenvalue weighted by molar-refractivity contribution is 0.303. The van der Waals surface area contributed by atoms with Crippen molar-refractivity contribution >= 4 is 5.82 Å². The maximum atomic E-state index is 4.29. The monoisotopic (exact) mass is 348 g/mol. The second-order valence-corrected chi connectivity index (χ2v) is 6.90. The van der Waals surface area contributed by atoms with Crippen LogP contribution in [0.4, 0.5) is 5.82 Å². The van der Waals surface area contributed by atoms with Gasteiger partial charge in [-0.15, -0.1) is 5.10 Å². The molecule has 0 aliphatic carbocycles. The van der Waals surface area contributed by atoms with Crippen LogP contribution in [-0.2, 0) is 6.54 Å². The van der Waals surface area contributed by atoms with Crippen molar-refractivity contribution in [3.05, 3.63) is 66.9 Å². The first-order chi connectivity index (χ1) is 12.8. The highest BCUT2D eigenvalue weighted by Crippen LogP contribution is 2.24. The van der Waals surface area contributed by atoms with Crippen molar-refractivity contribution in [1.82, 2.24) is 24.6 Å². The summed E-state index contributed by atoms with van der Waals surface area (Å²) in [7, 11) is 2.19. The van der Waals surface area contributed by atoms with Gasteiger partial charge in [-0.25, -0.2) is 4.98 Å². The molecule has 6 nitrogen and oxygen atoms in total. The molecule has 1 atom stereocenters. The largest absolute Gasteiger partial charge is 0.351 e. The first-order valence-corrected chi connectivity index (χ1v) is 9.10. The minimum Gasteiger partial charge on any atom is -0.351 e. The highest BCUT2D eigenvalue weighted by atomic mass is 15.3. The fourth-order valence-corrected chi connectivity index (χ4v) is 3.70. The van der Waals surface area contributed by atoms with E-state index in [9.17, 15) is 0 Å². The molecule has 0 amide bonds. The molecule has 0 unspecified atom stereocenters. The van der Waals surface area contributed by atoms with Gasteiger partial charge in [0.25, 0.3) is 0 Å². The van der Waals surface area contributed by atoms with E-state index in [0.29, 0.717) is 6.04 Å². The van der Waals surface area contributed by atoms with E-state index < -0.39 is 0 Å². The lowest BCUT2D eigenvalue weighted by Crippen LogP contribution is -2.39. The molecule has 1 saturated heterocycles. The van der Waals surface area contributed by atoms with Crippen molar-refractivity contribution in [3.63, 3.8) is 0 Å². The Morgan fingerprint density at radius 3 is 2.77 bits per heavy atom. The molecule has 1 fully saturated rings. The van der Waals surface area contributed by atoms with Gasteiger partial charge in [-0.1, -0.05) is 12.1 Å². The van der Waals surface area contributed by atoms with E-state index in [1.807, 2.05) is 23.2 Å². The molecule has 0 bridgehead atoms. The molecular formula is C20H24N6. The molecule has 2 aromatic heterocycles. The first kappa shape index (κ1) is 16.7. The van der Waals surface area contributed by atoms with Crippen LogP contribution in [0.3, 0.4) is 0 Å². The molecule has 1 aromatic carbocycles. The molecule has 0 N–H and O–H groups in total. The molecule has 4 rings (SSSR count). The zero-order valence-electron chi connectivity index (χ0n) is 15.1. The summed E-state index contributed by atoms with van der Waals surface area (Å²) in [4.78, 5) is 8.89. The summed E-state index contributed by atoms with van der Waals surface area (Å²) in [6.07, 6.45) is 9.74. The van der Waals surface area contributed by atoms with Gasteiger partial charge < -0.3 is 14.4 Å². The Kier molecular flexibility index (Phi) is 4.93. The average Bonchev–Trinajstić information content (AvgIpc) is 3.35. The third-order valence-corrected chi connectivity index (χ3v) is 4.94. The van der Waals surface area contributed by atoms with E-state index in [4.69, 9.17) is 0 Å². The van der Waals surface area contributed by atoms with E-state index in [1.54, 1.807) is 12.4 Å². The second-order valence-electron chi connectivity index (χ2n) is 6.90. The summed E-state index contributed by atoms with van der Waals surface area (Å²) in [6, 6.07) is 13.2. The predicted octanol–water partition coefficient (Wildman–Crippen LogP) is 2.76. The zero-order chi connectivity index (χ0) is 17.8. The van der Waals surface area contributed by atoms with Crippen LogP contribution in [0.25, 0.3) is 5.69 Å². The maximum absolute atomic E-state index is 4.29. The van der Waals surface area contributed by atoms with Gasteiger partial charge >= 0.3 is 0 Å². The van der Waals surface area contributed by atoms with Crippen molar-refractivity contribution in [1.29, 1.82) is 0 Å². The summed E-state index contributed by atoms with van der Waals surface area (Å²) < 4.78 is 2.02. The van der Waals surface area contributed by atoms with Crippen LogP contribution < -0.4 is 4.90 Å². The van der Waals surface area contributed by atoms with Crippen molar-refractivity contribution in [2.24, 2.45) is 0 Å². The molecular weight excluding hydrogens is 324 g/mol. The lowest BCUT2D eigenvalue weighted by Gasteiger charge is -2.29. The standard InChI is InChI=1S/C20H24N6/c1-24(14-17-6-8-18(9-7-17)25-13-11-21-16-25)15-19-4-3-12-26(19)20-5-2-10-22-23-20/h2,5-11,13,16,19H,3-4,12,14-15H2,1H3/t19-/m1/s1. The summed E-state index contributed by atoms with van der Waals surface area (Å²) >= 11 is 0. The van der Waals surface area contributed by atoms with Crippen LogP contribution >= 0.6 is 0 Å². The number of likely N-dealkylation sites (N-methyl/N-ethyl adjacent to an activating group) is 1. The number of hydrogen-bond donors (Lipinski definition) is 0. The van der Waals surface area contributed by atoms with Gasteiger partial charge in [0.15, 0.2) is 5.82 Å². The second kappa shape index (κ2) is 7.66. The third kappa shape index (κ3) is 3.75. The molecule has 1 aliphatic rings. The van der Waals surface area contributed by atoms with Crippen LogP contribution in [0.5, 0.6) is 0 Å². The number of benzene rings is 1. The minimum atomic E-state index is 0.502. The number of aromatic nitrogens is 4. The molecule has 26 heavy (non-hydrogen) atoms. The van der Waals surface area contributed by atoms with Gasteiger partial charge in [-0.2, -0.15) is 5.10 Å². The smallest absolute Gasteiger partial charge is 0.151 e. The van der Waals surface area contributed by atoms with Crippen LogP contribution in [-0.4, -0.2) is 50.8 Å². The highest BCUT2D eigenvalue weighted by molar-refractivity contribution is 5.39. The lowest BCUT2D eigenvalue weighted by atomic mass is 10.1. The maximum Gasteiger partial charge on any atom is 0.151 e. The predicted molar refractivity (Wildman–Crippen MR) is 102 cm³/mol. The normalized spacial score (nSPS) is 17.2. The molecule has 3 heterocycles. The fraction of sp³-hybridized carbons (Fsp3) is 0.350. The van der Waals surface area contributed by atoms with E-state index in [0.717, 1.165) is 31.1 Å². The number of hydrogen-bond acceptors (Lipinski definition) is 5. The summed E-state index contributed by atoms with van der Waals surface area (Å²) in [6.45, 7) is 3.03. The Morgan fingerprint density at radius 2 is 2.04 bits per heavy atom. The van der Waals surface area contributed by atoms with Crippen molar-refractivity contribution < 1.29 is 0 Å². The van der Waals surface area contributed by atoms with Gasteiger partial charge in [0.1, 0.15) is 0 Å². The van der Waals surface area contributed by atoms with Crippen molar-refractivity contribution in [2.45, 2.75) is 25.4 Å². The Morgan fingerprint density at radius 1 is 1.15 bits per heavy atom. The Hall–Kier alpha value is -2.73. The first-order valence-electron chi connectivity index (χ1n) is 9.10. The van der Waals surface area contributed by atoms with E-state index >= 15 is 0 Å². The zero-order valence-corrected chi connectivity index (χ0v) is 15.1. The molecule has 3 aromatic rings. The number of imidazole rings is 1. The fourth-order valence-electron chi connectivity index (χ4n) is 3.70. The topological polar surface area (TPSA) is 50.1 Å². The van der Waals surface area contributed by atoms with Crippen LogP contribution in [0.15, 0.2) is 61.3 Å². The molecule has 0 radical (unpaired) electrons. The quantitative estimate of drug-likeness (QED) is 0.686. The Labute approximate surface area is 154 Å². The van der Waals surface area contributed by atoms with Crippen LogP contribution in [0.2, 0.25) is 0 Å².